The van der Waals surface area contributed by atoms with Crippen molar-refractivity contribution >= 4 is 29.6 Å². The fourth-order valence-corrected chi connectivity index (χ4v) is 6.92. The zero-order valence-corrected chi connectivity index (χ0v) is 26.9. The second-order valence-electron chi connectivity index (χ2n) is 12.9. The standard InChI is InChI=1S/C33H29ClF8N4O4/c1-16-27(20-8-21(32(37,38)39)11-22(9-20)33(40,41)42)50-30(49)46(16)13-26-24(12-43-29(44-26)45-14-31(35,36)15-45)23-10-19(6-7-25(23)34)17-2-4-18(5-3-17)28(47)48/h6-12,16-18,27H,2-5,13-15H2,1H3,(H,47,48)/t16-,17?,18?,27?/m0/s1. The molecule has 50 heavy (non-hydrogen) atoms. The Bertz CT molecular complexity index is 1770. The lowest BCUT2D eigenvalue weighted by Gasteiger charge is -2.38. The number of carbonyl (C=O) groups excluding carboxylic acids is 1. The molecule has 1 amide bonds. The van der Waals surface area contributed by atoms with Crippen molar-refractivity contribution in [3.63, 3.8) is 0 Å². The smallest absolute Gasteiger partial charge is 0.416 e. The van der Waals surface area contributed by atoms with Crippen LogP contribution in [0.5, 0.6) is 0 Å². The van der Waals surface area contributed by atoms with E-state index in [4.69, 9.17) is 16.3 Å². The summed E-state index contributed by atoms with van der Waals surface area (Å²) in [6.45, 7) is -0.326. The van der Waals surface area contributed by atoms with Crippen LogP contribution in [-0.4, -0.2) is 57.1 Å². The molecule has 1 aromatic heterocycles. The van der Waals surface area contributed by atoms with Gasteiger partial charge in [0.25, 0.3) is 5.92 Å². The van der Waals surface area contributed by atoms with E-state index in [1.807, 2.05) is 6.07 Å². The summed E-state index contributed by atoms with van der Waals surface area (Å²) in [5.74, 6) is -4.34. The van der Waals surface area contributed by atoms with Crippen molar-refractivity contribution in [3.05, 3.63) is 75.6 Å². The zero-order valence-electron chi connectivity index (χ0n) is 26.2. The molecule has 8 nitrogen and oxygen atoms in total. The van der Waals surface area contributed by atoms with E-state index >= 15 is 0 Å². The van der Waals surface area contributed by atoms with Gasteiger partial charge in [0.15, 0.2) is 0 Å². The normalized spacial score (nSPS) is 23.8. The van der Waals surface area contributed by atoms with Gasteiger partial charge in [0.05, 0.1) is 48.4 Å². The number of anilines is 1. The fraction of sp³-hybridized carbons (Fsp3) is 0.455. The Kier molecular flexibility index (Phi) is 9.14. The Morgan fingerprint density at radius 3 is 2.14 bits per heavy atom. The average Bonchev–Trinajstić information content (AvgIpc) is 3.31. The van der Waals surface area contributed by atoms with Gasteiger partial charge < -0.3 is 14.7 Å². The SMILES string of the molecule is C[C@H]1C(c2cc(C(F)(F)F)cc(C(F)(F)F)c2)OC(=O)N1Cc1nc(N2CC(F)(F)C2)ncc1-c1cc(C2CCC(C(=O)O)CC2)ccc1Cl. The molecule has 17 heteroatoms. The molecule has 0 bridgehead atoms. The van der Waals surface area contributed by atoms with Gasteiger partial charge in [0.1, 0.15) is 6.10 Å². The number of hydrogen-bond acceptors (Lipinski definition) is 6. The molecule has 1 unspecified atom stereocenters. The van der Waals surface area contributed by atoms with Gasteiger partial charge in [-0.15, -0.1) is 0 Å². The second kappa shape index (κ2) is 12.8. The number of amides is 1. The summed E-state index contributed by atoms with van der Waals surface area (Å²) in [5.41, 5.74) is -1.96. The Morgan fingerprint density at radius 1 is 0.960 bits per heavy atom. The van der Waals surface area contributed by atoms with Crippen molar-refractivity contribution in [2.75, 3.05) is 18.0 Å². The lowest BCUT2D eigenvalue weighted by atomic mass is 9.78. The van der Waals surface area contributed by atoms with Crippen LogP contribution in [-0.2, 0) is 28.4 Å². The quantitative estimate of drug-likeness (QED) is 0.243. The van der Waals surface area contributed by atoms with Crippen LogP contribution in [0.15, 0.2) is 42.6 Å². The molecular formula is C33H29ClF8N4O4. The summed E-state index contributed by atoms with van der Waals surface area (Å²) in [6, 6.07) is 5.11. The Morgan fingerprint density at radius 2 is 1.58 bits per heavy atom. The van der Waals surface area contributed by atoms with Gasteiger partial charge in [-0.1, -0.05) is 17.7 Å². The van der Waals surface area contributed by atoms with Crippen molar-refractivity contribution < 1.29 is 54.6 Å². The first-order chi connectivity index (χ1) is 23.3. The minimum atomic E-state index is -5.12. The van der Waals surface area contributed by atoms with Crippen LogP contribution in [0.2, 0.25) is 5.02 Å². The number of carboxylic acid groups (broad SMARTS) is 1. The number of ether oxygens (including phenoxy) is 1. The van der Waals surface area contributed by atoms with Gasteiger partial charge in [0, 0.05) is 22.3 Å². The third-order valence-electron chi connectivity index (χ3n) is 9.46. The molecule has 6 rings (SSSR count). The van der Waals surface area contributed by atoms with Gasteiger partial charge in [-0.3, -0.25) is 9.69 Å². The summed E-state index contributed by atoms with van der Waals surface area (Å²) in [7, 11) is 0. The largest absolute Gasteiger partial charge is 0.481 e. The maximum absolute atomic E-state index is 13.7. The number of carbonyl (C=O) groups is 2. The number of alkyl halides is 8. The number of nitrogens with zero attached hydrogens (tertiary/aromatic N) is 4. The Labute approximate surface area is 285 Å². The molecule has 2 atom stereocenters. The molecule has 3 fully saturated rings. The highest BCUT2D eigenvalue weighted by Gasteiger charge is 2.46. The minimum absolute atomic E-state index is 0.0111. The van der Waals surface area contributed by atoms with Crippen molar-refractivity contribution in [1.29, 1.82) is 0 Å². The van der Waals surface area contributed by atoms with E-state index in [0.717, 1.165) is 10.5 Å². The molecule has 0 radical (unpaired) electrons. The number of rotatable bonds is 7. The molecule has 3 aromatic rings. The van der Waals surface area contributed by atoms with Crippen LogP contribution in [0, 0.1) is 5.92 Å². The van der Waals surface area contributed by atoms with E-state index in [2.05, 4.69) is 9.97 Å². The van der Waals surface area contributed by atoms with E-state index in [1.54, 1.807) is 12.1 Å². The zero-order chi connectivity index (χ0) is 36.3. The van der Waals surface area contributed by atoms with Gasteiger partial charge in [-0.2, -0.15) is 26.3 Å². The fourth-order valence-electron chi connectivity index (χ4n) is 6.70. The predicted octanol–water partition coefficient (Wildman–Crippen LogP) is 8.73. The molecule has 2 aromatic carbocycles. The Balaban J connectivity index is 1.35. The number of benzene rings is 2. The van der Waals surface area contributed by atoms with Crippen LogP contribution < -0.4 is 4.90 Å². The van der Waals surface area contributed by atoms with Crippen molar-refractivity contribution in [2.24, 2.45) is 5.92 Å². The molecule has 0 spiro atoms. The highest BCUT2D eigenvalue weighted by atomic mass is 35.5. The summed E-state index contributed by atoms with van der Waals surface area (Å²) in [5, 5.41) is 9.64. The first kappa shape index (κ1) is 35.6. The maximum Gasteiger partial charge on any atom is 0.416 e. The van der Waals surface area contributed by atoms with Gasteiger partial charge in [-0.05, 0) is 80.0 Å². The summed E-state index contributed by atoms with van der Waals surface area (Å²) < 4.78 is 114. The average molecular weight is 733 g/mol. The topological polar surface area (TPSA) is 95.9 Å². The van der Waals surface area contributed by atoms with Crippen LogP contribution in [0.3, 0.4) is 0 Å². The van der Waals surface area contributed by atoms with Crippen molar-refractivity contribution in [2.45, 2.75) is 75.5 Å². The van der Waals surface area contributed by atoms with Gasteiger partial charge >= 0.3 is 24.4 Å². The number of halogens is 9. The van der Waals surface area contributed by atoms with Gasteiger partial charge in [-0.25, -0.2) is 23.5 Å². The van der Waals surface area contributed by atoms with Crippen molar-refractivity contribution in [3.8, 4) is 11.1 Å². The van der Waals surface area contributed by atoms with E-state index in [0.29, 0.717) is 48.9 Å². The maximum atomic E-state index is 13.7. The number of aliphatic carboxylic acids is 1. The lowest BCUT2D eigenvalue weighted by Crippen LogP contribution is -2.57. The second-order valence-corrected chi connectivity index (χ2v) is 13.3. The van der Waals surface area contributed by atoms with Crippen LogP contribution in [0.1, 0.15) is 72.6 Å². The number of carboxylic acids is 1. The first-order valence-electron chi connectivity index (χ1n) is 15.6. The third kappa shape index (κ3) is 7.16. The van der Waals surface area contributed by atoms with E-state index < -0.39 is 78.2 Å². The van der Waals surface area contributed by atoms with Crippen LogP contribution >= 0.6 is 11.6 Å². The van der Waals surface area contributed by atoms with E-state index in [-0.39, 0.29) is 35.2 Å². The van der Waals surface area contributed by atoms with E-state index in [9.17, 15) is 49.8 Å². The molecule has 2 aliphatic heterocycles. The molecule has 1 aliphatic carbocycles. The summed E-state index contributed by atoms with van der Waals surface area (Å²) in [4.78, 5) is 35.7. The summed E-state index contributed by atoms with van der Waals surface area (Å²) in [6.07, 6.45) is -9.30. The molecule has 268 valence electrons. The highest BCUT2D eigenvalue weighted by Crippen LogP contribution is 2.43. The molecule has 3 heterocycles. The molecule has 1 N–H and O–H groups in total. The van der Waals surface area contributed by atoms with Gasteiger partial charge in [0.2, 0.25) is 5.95 Å². The van der Waals surface area contributed by atoms with Crippen molar-refractivity contribution in [1.82, 2.24) is 14.9 Å². The Hall–Kier alpha value is -4.21. The van der Waals surface area contributed by atoms with Crippen LogP contribution in [0.25, 0.3) is 11.1 Å². The number of aromatic nitrogens is 2. The molecule has 3 aliphatic rings. The third-order valence-corrected chi connectivity index (χ3v) is 9.79. The first-order valence-corrected chi connectivity index (χ1v) is 16.0. The monoisotopic (exact) mass is 732 g/mol. The minimum Gasteiger partial charge on any atom is -0.481 e. The lowest BCUT2D eigenvalue weighted by molar-refractivity contribution is -0.144. The number of hydrogen-bond donors (Lipinski definition) is 1. The molecular weight excluding hydrogens is 704 g/mol. The highest BCUT2D eigenvalue weighted by molar-refractivity contribution is 6.33. The predicted molar refractivity (Wildman–Crippen MR) is 163 cm³/mol. The number of cyclic esters (lactones) is 1. The van der Waals surface area contributed by atoms with E-state index in [1.165, 1.54) is 18.0 Å². The molecule has 1 saturated carbocycles. The summed E-state index contributed by atoms with van der Waals surface area (Å²) >= 11 is 6.63. The van der Waals surface area contributed by atoms with Crippen LogP contribution in [0.4, 0.5) is 45.9 Å². The molecule has 2 saturated heterocycles.